The lowest BCUT2D eigenvalue weighted by molar-refractivity contribution is -0.136. The second-order valence-corrected chi connectivity index (χ2v) is 8.35. The van der Waals surface area contributed by atoms with Gasteiger partial charge in [-0.3, -0.25) is 19.7 Å². The van der Waals surface area contributed by atoms with E-state index in [0.29, 0.717) is 17.9 Å². The van der Waals surface area contributed by atoms with E-state index in [1.165, 1.54) is 10.2 Å². The van der Waals surface area contributed by atoms with E-state index in [0.717, 1.165) is 12.8 Å². The fraction of sp³-hybridized carbons (Fsp3) is 0.478. The molecule has 1 aromatic heterocycles. The summed E-state index contributed by atoms with van der Waals surface area (Å²) >= 11 is 0. The molecule has 0 bridgehead atoms. The first kappa shape index (κ1) is 23.5. The Bertz CT molecular complexity index is 958. The van der Waals surface area contributed by atoms with Crippen molar-refractivity contribution in [2.24, 2.45) is 5.92 Å². The molecule has 9 heteroatoms. The minimum Gasteiger partial charge on any atom is -0.345 e. The summed E-state index contributed by atoms with van der Waals surface area (Å²) in [7, 11) is 0. The van der Waals surface area contributed by atoms with Crippen LogP contribution in [0.2, 0.25) is 0 Å². The third-order valence-corrected chi connectivity index (χ3v) is 5.72. The van der Waals surface area contributed by atoms with E-state index >= 15 is 0 Å². The van der Waals surface area contributed by atoms with Crippen molar-refractivity contribution in [1.29, 1.82) is 0 Å². The third kappa shape index (κ3) is 5.73. The summed E-state index contributed by atoms with van der Waals surface area (Å²) in [4.78, 5) is 37.3. The van der Waals surface area contributed by atoms with Gasteiger partial charge in [0.25, 0.3) is 0 Å². The Balaban J connectivity index is 1.59. The van der Waals surface area contributed by atoms with Crippen molar-refractivity contribution in [3.63, 3.8) is 0 Å². The van der Waals surface area contributed by atoms with Gasteiger partial charge in [-0.15, -0.1) is 0 Å². The average Bonchev–Trinajstić information content (AvgIpc) is 3.12. The van der Waals surface area contributed by atoms with Crippen molar-refractivity contribution < 1.29 is 14.4 Å². The van der Waals surface area contributed by atoms with E-state index in [-0.39, 0.29) is 23.9 Å². The number of aromatic nitrogens is 2. The maximum Gasteiger partial charge on any atom is 0.314 e. The Hall–Kier alpha value is -3.20. The summed E-state index contributed by atoms with van der Waals surface area (Å²) in [5, 5.41) is 15.9. The summed E-state index contributed by atoms with van der Waals surface area (Å²) in [6.45, 7) is 7.56. The molecule has 32 heavy (non-hydrogen) atoms. The molecule has 0 aliphatic carbocycles. The van der Waals surface area contributed by atoms with E-state index in [4.69, 9.17) is 0 Å². The van der Waals surface area contributed by atoms with Gasteiger partial charge in [0.1, 0.15) is 5.82 Å². The smallest absolute Gasteiger partial charge is 0.314 e. The highest BCUT2D eigenvalue weighted by atomic mass is 16.2. The van der Waals surface area contributed by atoms with Gasteiger partial charge in [-0.05, 0) is 45.6 Å². The second kappa shape index (κ2) is 10.4. The van der Waals surface area contributed by atoms with Crippen molar-refractivity contribution in [3.05, 3.63) is 47.7 Å². The zero-order valence-electron chi connectivity index (χ0n) is 19.0. The molecule has 4 N–H and O–H groups in total. The highest BCUT2D eigenvalue weighted by Gasteiger charge is 2.34. The van der Waals surface area contributed by atoms with Gasteiger partial charge in [0, 0.05) is 18.2 Å². The molecule has 2 heterocycles. The molecular formula is C23H32N6O3. The number of amides is 3. The maximum atomic E-state index is 12.5. The largest absolute Gasteiger partial charge is 0.345 e. The lowest BCUT2D eigenvalue weighted by Gasteiger charge is -2.35. The summed E-state index contributed by atoms with van der Waals surface area (Å²) in [6.07, 6.45) is 1.63. The molecule has 4 unspecified atom stereocenters. The van der Waals surface area contributed by atoms with Crippen LogP contribution in [0.25, 0.3) is 0 Å². The minimum atomic E-state index is -0.778. The molecular weight excluding hydrogens is 408 g/mol. The van der Waals surface area contributed by atoms with Crippen LogP contribution in [0.3, 0.4) is 0 Å². The van der Waals surface area contributed by atoms with Crippen LogP contribution < -0.4 is 21.3 Å². The molecule has 1 aromatic carbocycles. The Labute approximate surface area is 188 Å². The van der Waals surface area contributed by atoms with Crippen LogP contribution in [-0.2, 0) is 20.8 Å². The molecule has 0 radical (unpaired) electrons. The molecule has 1 aliphatic heterocycles. The van der Waals surface area contributed by atoms with Gasteiger partial charge in [0.2, 0.25) is 5.91 Å². The molecule has 2 aromatic rings. The molecule has 1 fully saturated rings. The van der Waals surface area contributed by atoms with Crippen LogP contribution in [0.5, 0.6) is 0 Å². The van der Waals surface area contributed by atoms with Crippen molar-refractivity contribution in [1.82, 2.24) is 25.7 Å². The SMILES string of the molecule is CCC1C(=O)NC(n2nc(C)cc2NC(=O)C(=O)NC(C)CCc2ccccc2)NC1C. The fourth-order valence-electron chi connectivity index (χ4n) is 3.92. The Morgan fingerprint density at radius 1 is 1.22 bits per heavy atom. The normalized spacial score (nSPS) is 21.5. The van der Waals surface area contributed by atoms with Crippen LogP contribution >= 0.6 is 0 Å². The fourth-order valence-corrected chi connectivity index (χ4v) is 3.92. The van der Waals surface area contributed by atoms with Crippen LogP contribution in [0.4, 0.5) is 5.82 Å². The van der Waals surface area contributed by atoms with Crippen LogP contribution in [-0.4, -0.2) is 39.6 Å². The first-order chi connectivity index (χ1) is 15.3. The van der Waals surface area contributed by atoms with E-state index in [1.807, 2.05) is 51.1 Å². The molecule has 1 aliphatic rings. The van der Waals surface area contributed by atoms with E-state index in [1.54, 1.807) is 13.0 Å². The number of nitrogens with zero attached hydrogens (tertiary/aromatic N) is 2. The number of carbonyl (C=O) groups excluding carboxylic acids is 3. The standard InChI is InChI=1S/C23H32N6O3/c1-5-18-16(4)25-23(27-20(18)30)29-19(13-15(3)28-29)26-22(32)21(31)24-14(2)11-12-17-9-7-6-8-10-17/h6-10,13-14,16,18,23,25H,5,11-12H2,1-4H3,(H,24,31)(H,26,32)(H,27,30). The predicted octanol–water partition coefficient (Wildman–Crippen LogP) is 1.86. The summed E-state index contributed by atoms with van der Waals surface area (Å²) in [5.74, 6) is -1.36. The average molecular weight is 441 g/mol. The number of nitrogens with one attached hydrogen (secondary N) is 4. The highest BCUT2D eigenvalue weighted by Crippen LogP contribution is 2.21. The van der Waals surface area contributed by atoms with Gasteiger partial charge in [-0.25, -0.2) is 4.68 Å². The summed E-state index contributed by atoms with van der Waals surface area (Å²) in [6, 6.07) is 11.4. The number of carbonyl (C=O) groups is 3. The quantitative estimate of drug-likeness (QED) is 0.490. The molecule has 4 atom stereocenters. The van der Waals surface area contributed by atoms with Gasteiger partial charge in [-0.1, -0.05) is 37.3 Å². The molecule has 3 rings (SSSR count). The minimum absolute atomic E-state index is 0.0550. The summed E-state index contributed by atoms with van der Waals surface area (Å²) in [5.41, 5.74) is 1.83. The molecule has 0 saturated carbocycles. The molecule has 3 amide bonds. The van der Waals surface area contributed by atoms with E-state index in [9.17, 15) is 14.4 Å². The maximum absolute atomic E-state index is 12.5. The van der Waals surface area contributed by atoms with E-state index < -0.39 is 18.1 Å². The predicted molar refractivity (Wildman–Crippen MR) is 122 cm³/mol. The summed E-state index contributed by atoms with van der Waals surface area (Å²) < 4.78 is 1.49. The van der Waals surface area contributed by atoms with Crippen LogP contribution in [0, 0.1) is 12.8 Å². The van der Waals surface area contributed by atoms with Crippen molar-refractivity contribution in [3.8, 4) is 0 Å². The van der Waals surface area contributed by atoms with E-state index in [2.05, 4.69) is 26.4 Å². The van der Waals surface area contributed by atoms with Gasteiger partial charge in [0.15, 0.2) is 6.29 Å². The van der Waals surface area contributed by atoms with Crippen molar-refractivity contribution in [2.45, 2.75) is 65.3 Å². The topological polar surface area (TPSA) is 117 Å². The lowest BCUT2D eigenvalue weighted by Crippen LogP contribution is -2.57. The molecule has 172 valence electrons. The highest BCUT2D eigenvalue weighted by molar-refractivity contribution is 6.39. The van der Waals surface area contributed by atoms with Gasteiger partial charge < -0.3 is 16.0 Å². The first-order valence-electron chi connectivity index (χ1n) is 11.1. The first-order valence-corrected chi connectivity index (χ1v) is 11.1. The molecule has 0 spiro atoms. The van der Waals surface area contributed by atoms with Crippen LogP contribution in [0.1, 0.15) is 51.2 Å². The zero-order chi connectivity index (χ0) is 23.3. The lowest BCUT2D eigenvalue weighted by atomic mass is 9.95. The van der Waals surface area contributed by atoms with Gasteiger partial charge in [0.05, 0.1) is 11.6 Å². The number of aryl methyl sites for hydroxylation is 2. The zero-order valence-corrected chi connectivity index (χ0v) is 19.0. The van der Waals surface area contributed by atoms with Crippen molar-refractivity contribution in [2.75, 3.05) is 5.32 Å². The Morgan fingerprint density at radius 2 is 1.94 bits per heavy atom. The van der Waals surface area contributed by atoms with Gasteiger partial charge >= 0.3 is 11.8 Å². The number of benzene rings is 1. The van der Waals surface area contributed by atoms with Crippen LogP contribution in [0.15, 0.2) is 36.4 Å². The second-order valence-electron chi connectivity index (χ2n) is 8.35. The number of anilines is 1. The molecule has 9 nitrogen and oxygen atoms in total. The third-order valence-electron chi connectivity index (χ3n) is 5.72. The number of hydrogen-bond donors (Lipinski definition) is 4. The number of hydrogen-bond acceptors (Lipinski definition) is 5. The molecule has 1 saturated heterocycles. The van der Waals surface area contributed by atoms with Crippen molar-refractivity contribution >= 4 is 23.5 Å². The monoisotopic (exact) mass is 440 g/mol. The Morgan fingerprint density at radius 3 is 2.59 bits per heavy atom. The van der Waals surface area contributed by atoms with Gasteiger partial charge in [-0.2, -0.15) is 5.10 Å². The Kier molecular flexibility index (Phi) is 7.63. The number of rotatable bonds is 7.